The quantitative estimate of drug-likeness (QED) is 0.720. The highest BCUT2D eigenvalue weighted by Crippen LogP contribution is 2.35. The molecule has 116 valence electrons. The van der Waals surface area contributed by atoms with Crippen LogP contribution in [0.15, 0.2) is 12.1 Å². The van der Waals surface area contributed by atoms with Crippen LogP contribution in [0.1, 0.15) is 17.3 Å². The van der Waals surface area contributed by atoms with Crippen molar-refractivity contribution in [1.29, 1.82) is 0 Å². The lowest BCUT2D eigenvalue weighted by Gasteiger charge is -2.18. The monoisotopic (exact) mass is 317 g/mol. The second-order valence-corrected chi connectivity index (χ2v) is 4.86. The van der Waals surface area contributed by atoms with Crippen molar-refractivity contribution in [3.8, 4) is 11.5 Å². The lowest BCUT2D eigenvalue weighted by Crippen LogP contribution is -2.46. The lowest BCUT2D eigenvalue weighted by molar-refractivity contribution is -0.155. The molecule has 0 heterocycles. The predicted octanol–water partition coefficient (Wildman–Crippen LogP) is 0.923. The number of hydrogen-bond acceptors (Lipinski definition) is 5. The third-order valence-electron chi connectivity index (χ3n) is 2.75. The molecule has 1 atom stereocenters. The summed E-state index contributed by atoms with van der Waals surface area (Å²) >= 11 is 5.97. The number of halogens is 1. The molecule has 1 unspecified atom stereocenters. The maximum absolute atomic E-state index is 12.0. The largest absolute Gasteiger partial charge is 0.493 e. The Morgan fingerprint density at radius 1 is 1.33 bits per heavy atom. The van der Waals surface area contributed by atoms with Crippen molar-refractivity contribution in [2.24, 2.45) is 0 Å². The number of aliphatic carboxylic acids is 1. The van der Waals surface area contributed by atoms with Gasteiger partial charge in [0.05, 0.1) is 25.8 Å². The van der Waals surface area contributed by atoms with E-state index in [-0.39, 0.29) is 22.1 Å². The normalized spacial score (nSPS) is 13.2. The highest BCUT2D eigenvalue weighted by atomic mass is 35.5. The number of amides is 1. The van der Waals surface area contributed by atoms with Gasteiger partial charge in [-0.25, -0.2) is 4.79 Å². The molecule has 21 heavy (non-hydrogen) atoms. The molecule has 3 N–H and O–H groups in total. The Hall–Kier alpha value is -1.99. The van der Waals surface area contributed by atoms with Crippen molar-refractivity contribution in [2.75, 3.05) is 20.8 Å². The van der Waals surface area contributed by atoms with Gasteiger partial charge in [-0.15, -0.1) is 0 Å². The molecular weight excluding hydrogens is 302 g/mol. The first-order valence-corrected chi connectivity index (χ1v) is 6.26. The van der Waals surface area contributed by atoms with E-state index in [4.69, 9.17) is 26.2 Å². The lowest BCUT2D eigenvalue weighted by atomic mass is 10.1. The van der Waals surface area contributed by atoms with Crippen LogP contribution < -0.4 is 14.8 Å². The number of nitrogens with one attached hydrogen (secondary N) is 1. The number of carbonyl (C=O) groups is 2. The Labute approximate surface area is 126 Å². The van der Waals surface area contributed by atoms with Gasteiger partial charge in [-0.1, -0.05) is 11.6 Å². The van der Waals surface area contributed by atoms with E-state index in [2.05, 4.69) is 5.32 Å². The first-order chi connectivity index (χ1) is 9.72. The number of carbonyl (C=O) groups excluding carboxylic acids is 1. The third kappa shape index (κ3) is 3.99. The number of carboxylic acids is 1. The number of aliphatic hydroxyl groups is 1. The van der Waals surface area contributed by atoms with Gasteiger partial charge in [0.1, 0.15) is 0 Å². The molecule has 0 bridgehead atoms. The number of ether oxygens (including phenoxy) is 2. The Bertz CT molecular complexity index is 558. The van der Waals surface area contributed by atoms with Gasteiger partial charge in [-0.05, 0) is 19.1 Å². The second-order valence-electron chi connectivity index (χ2n) is 4.46. The van der Waals surface area contributed by atoms with E-state index in [0.717, 1.165) is 6.92 Å². The van der Waals surface area contributed by atoms with E-state index in [0.29, 0.717) is 0 Å². The van der Waals surface area contributed by atoms with Gasteiger partial charge in [-0.2, -0.15) is 0 Å². The van der Waals surface area contributed by atoms with Crippen LogP contribution in [0.4, 0.5) is 0 Å². The Morgan fingerprint density at radius 2 is 1.95 bits per heavy atom. The smallest absolute Gasteiger partial charge is 0.337 e. The molecule has 0 spiro atoms. The zero-order chi connectivity index (χ0) is 16.2. The minimum atomic E-state index is -2.06. The van der Waals surface area contributed by atoms with Gasteiger partial charge >= 0.3 is 5.97 Å². The maximum Gasteiger partial charge on any atom is 0.337 e. The van der Waals surface area contributed by atoms with Crippen molar-refractivity contribution in [3.05, 3.63) is 22.7 Å². The van der Waals surface area contributed by atoms with Gasteiger partial charge in [-0.3, -0.25) is 4.79 Å². The van der Waals surface area contributed by atoms with Crippen LogP contribution in [0.25, 0.3) is 0 Å². The molecule has 0 aliphatic carbocycles. The molecule has 0 fully saturated rings. The third-order valence-corrected chi connectivity index (χ3v) is 3.03. The minimum Gasteiger partial charge on any atom is -0.493 e. The zero-order valence-corrected chi connectivity index (χ0v) is 12.5. The van der Waals surface area contributed by atoms with E-state index >= 15 is 0 Å². The molecule has 7 nitrogen and oxygen atoms in total. The summed E-state index contributed by atoms with van der Waals surface area (Å²) in [5.41, 5.74) is -1.91. The van der Waals surface area contributed by atoms with Crippen molar-refractivity contribution in [2.45, 2.75) is 12.5 Å². The van der Waals surface area contributed by atoms with E-state index in [1.807, 2.05) is 0 Å². The Balaban J connectivity index is 2.94. The zero-order valence-electron chi connectivity index (χ0n) is 11.8. The van der Waals surface area contributed by atoms with E-state index in [1.54, 1.807) is 0 Å². The van der Waals surface area contributed by atoms with Crippen LogP contribution in [0, 0.1) is 0 Å². The minimum absolute atomic E-state index is 0.152. The summed E-state index contributed by atoms with van der Waals surface area (Å²) in [6, 6.07) is 2.75. The first kappa shape index (κ1) is 17.1. The highest BCUT2D eigenvalue weighted by molar-refractivity contribution is 6.32. The number of hydrogen-bond donors (Lipinski definition) is 3. The van der Waals surface area contributed by atoms with Gasteiger partial charge < -0.3 is 25.0 Å². The van der Waals surface area contributed by atoms with Crippen molar-refractivity contribution in [3.63, 3.8) is 0 Å². The molecule has 0 saturated heterocycles. The average Bonchev–Trinajstić information content (AvgIpc) is 2.43. The van der Waals surface area contributed by atoms with E-state index in [9.17, 15) is 14.7 Å². The van der Waals surface area contributed by atoms with Crippen LogP contribution in [-0.2, 0) is 4.79 Å². The van der Waals surface area contributed by atoms with Crippen molar-refractivity contribution >= 4 is 23.5 Å². The molecule has 1 aromatic carbocycles. The fourth-order valence-electron chi connectivity index (χ4n) is 1.48. The summed E-state index contributed by atoms with van der Waals surface area (Å²) in [4.78, 5) is 22.7. The maximum atomic E-state index is 12.0. The highest BCUT2D eigenvalue weighted by Gasteiger charge is 2.30. The molecular formula is C13H16ClNO6. The predicted molar refractivity (Wildman–Crippen MR) is 75.1 cm³/mol. The van der Waals surface area contributed by atoms with Crippen LogP contribution in [0.5, 0.6) is 11.5 Å². The van der Waals surface area contributed by atoms with Crippen LogP contribution >= 0.6 is 11.6 Å². The van der Waals surface area contributed by atoms with Crippen molar-refractivity contribution in [1.82, 2.24) is 5.32 Å². The summed E-state index contributed by atoms with van der Waals surface area (Å²) in [5.74, 6) is -1.49. The molecule has 1 amide bonds. The second kappa shape index (κ2) is 6.64. The summed E-state index contributed by atoms with van der Waals surface area (Å²) in [6.07, 6.45) is 0. The standard InChI is InChI=1S/C13H16ClNO6/c1-13(19,12(17)18)6-15-11(16)7-4-8(14)10(21-3)9(5-7)20-2/h4-5,19H,6H2,1-3H3,(H,15,16)(H,17,18). The topological polar surface area (TPSA) is 105 Å². The van der Waals surface area contributed by atoms with Crippen LogP contribution in [0.2, 0.25) is 5.02 Å². The first-order valence-electron chi connectivity index (χ1n) is 5.88. The number of rotatable bonds is 6. The van der Waals surface area contributed by atoms with Crippen molar-refractivity contribution < 1.29 is 29.3 Å². The summed E-state index contributed by atoms with van der Waals surface area (Å²) in [7, 11) is 2.80. The number of methoxy groups -OCH3 is 2. The van der Waals surface area contributed by atoms with Crippen LogP contribution in [0.3, 0.4) is 0 Å². The molecule has 1 aromatic rings. The van der Waals surface area contributed by atoms with Gasteiger partial charge in [0.15, 0.2) is 17.1 Å². The summed E-state index contributed by atoms with van der Waals surface area (Å²) < 4.78 is 10.1. The fourth-order valence-corrected chi connectivity index (χ4v) is 1.77. The molecule has 0 saturated carbocycles. The molecule has 0 aliphatic heterocycles. The average molecular weight is 318 g/mol. The Kier molecular flexibility index (Phi) is 5.40. The summed E-state index contributed by atoms with van der Waals surface area (Å²) in [6.45, 7) is 0.629. The van der Waals surface area contributed by atoms with Crippen LogP contribution in [-0.4, -0.2) is 48.5 Å². The molecule has 1 rings (SSSR count). The fraction of sp³-hybridized carbons (Fsp3) is 0.385. The van der Waals surface area contributed by atoms with E-state index in [1.165, 1.54) is 26.4 Å². The summed E-state index contributed by atoms with van der Waals surface area (Å²) in [5, 5.41) is 20.8. The Morgan fingerprint density at radius 3 is 2.43 bits per heavy atom. The molecule has 8 heteroatoms. The van der Waals surface area contributed by atoms with Gasteiger partial charge in [0.2, 0.25) is 0 Å². The molecule has 0 aromatic heterocycles. The number of benzene rings is 1. The molecule has 0 radical (unpaired) electrons. The number of carboxylic acid groups (broad SMARTS) is 1. The molecule has 0 aliphatic rings. The van der Waals surface area contributed by atoms with Gasteiger partial charge in [0.25, 0.3) is 5.91 Å². The van der Waals surface area contributed by atoms with Gasteiger partial charge in [0, 0.05) is 5.56 Å². The van der Waals surface area contributed by atoms with E-state index < -0.39 is 24.0 Å². The SMILES string of the molecule is COc1cc(C(=O)NCC(C)(O)C(=O)O)cc(Cl)c1OC.